The molecular weight excluding hydrogens is 334 g/mol. The van der Waals surface area contributed by atoms with Gasteiger partial charge in [-0.15, -0.1) is 0 Å². The summed E-state index contributed by atoms with van der Waals surface area (Å²) in [6.45, 7) is 3.95. The van der Waals surface area contributed by atoms with Crippen molar-refractivity contribution in [1.82, 2.24) is 20.1 Å². The van der Waals surface area contributed by atoms with Crippen molar-refractivity contribution in [3.63, 3.8) is 0 Å². The van der Waals surface area contributed by atoms with Gasteiger partial charge in [0.05, 0.1) is 27.6 Å². The number of carbonyl (C=O) groups is 1. The maximum atomic E-state index is 12.6. The third-order valence-electron chi connectivity index (χ3n) is 4.03. The van der Waals surface area contributed by atoms with Gasteiger partial charge in [0.15, 0.2) is 0 Å². The Morgan fingerprint density at radius 3 is 2.42 bits per heavy atom. The summed E-state index contributed by atoms with van der Waals surface area (Å²) >= 11 is 0. The van der Waals surface area contributed by atoms with Crippen LogP contribution in [0.5, 0.6) is 0 Å². The van der Waals surface area contributed by atoms with E-state index in [0.29, 0.717) is 29.2 Å². The number of carbonyl (C=O) groups excluding carboxylic acids is 1. The number of pyridine rings is 1. The van der Waals surface area contributed by atoms with Gasteiger partial charge in [-0.1, -0.05) is 0 Å². The van der Waals surface area contributed by atoms with Crippen molar-refractivity contribution in [1.29, 1.82) is 0 Å². The molecule has 0 saturated carbocycles. The molecule has 132 valence electrons. The Balaban J connectivity index is 1.83. The van der Waals surface area contributed by atoms with Gasteiger partial charge in [-0.3, -0.25) is 19.9 Å². The van der Waals surface area contributed by atoms with E-state index in [1.807, 2.05) is 12.1 Å². The lowest BCUT2D eigenvalue weighted by atomic mass is 10.1. The van der Waals surface area contributed by atoms with Crippen molar-refractivity contribution in [2.45, 2.75) is 20.4 Å². The molecule has 2 heterocycles. The number of aryl methyl sites for hydroxylation is 1. The first kappa shape index (κ1) is 17.3. The zero-order valence-corrected chi connectivity index (χ0v) is 14.3. The van der Waals surface area contributed by atoms with Gasteiger partial charge in [-0.25, -0.2) is 4.68 Å². The average Bonchev–Trinajstić information content (AvgIpc) is 2.95. The predicted molar refractivity (Wildman–Crippen MR) is 95.1 cm³/mol. The molecule has 3 rings (SSSR count). The molecule has 8 nitrogen and oxygen atoms in total. The van der Waals surface area contributed by atoms with Crippen molar-refractivity contribution < 1.29 is 9.72 Å². The molecule has 0 aliphatic carbocycles. The molecule has 0 fully saturated rings. The van der Waals surface area contributed by atoms with Crippen LogP contribution in [-0.4, -0.2) is 25.6 Å². The van der Waals surface area contributed by atoms with E-state index in [-0.39, 0.29) is 11.6 Å². The number of nitro groups is 1. The SMILES string of the molecule is Cc1nn(-c2ccc([N+](=O)[O-])cc2)c(C)c1C(=O)NCc1ccncc1. The van der Waals surface area contributed by atoms with Crippen LogP contribution < -0.4 is 5.32 Å². The van der Waals surface area contributed by atoms with E-state index in [1.54, 1.807) is 43.1 Å². The second-order valence-electron chi connectivity index (χ2n) is 5.77. The number of aromatic nitrogens is 3. The van der Waals surface area contributed by atoms with Gasteiger partial charge in [-0.2, -0.15) is 5.10 Å². The number of hydrogen-bond acceptors (Lipinski definition) is 5. The second-order valence-corrected chi connectivity index (χ2v) is 5.77. The fourth-order valence-corrected chi connectivity index (χ4v) is 2.71. The van der Waals surface area contributed by atoms with Gasteiger partial charge < -0.3 is 5.32 Å². The van der Waals surface area contributed by atoms with Crippen LogP contribution in [0, 0.1) is 24.0 Å². The number of nitrogens with one attached hydrogen (secondary N) is 1. The maximum absolute atomic E-state index is 12.6. The minimum absolute atomic E-state index is 0.00518. The van der Waals surface area contributed by atoms with E-state index in [4.69, 9.17) is 0 Å². The van der Waals surface area contributed by atoms with E-state index in [0.717, 1.165) is 5.56 Å². The average molecular weight is 351 g/mol. The molecule has 2 aromatic heterocycles. The topological polar surface area (TPSA) is 103 Å². The summed E-state index contributed by atoms with van der Waals surface area (Å²) in [6, 6.07) is 9.71. The highest BCUT2D eigenvalue weighted by Crippen LogP contribution is 2.20. The lowest BCUT2D eigenvalue weighted by Crippen LogP contribution is -2.24. The molecule has 0 unspecified atom stereocenters. The van der Waals surface area contributed by atoms with E-state index < -0.39 is 4.92 Å². The van der Waals surface area contributed by atoms with E-state index in [1.165, 1.54) is 12.1 Å². The Kier molecular flexibility index (Phi) is 4.74. The molecule has 1 N–H and O–H groups in total. The maximum Gasteiger partial charge on any atom is 0.269 e. The number of rotatable bonds is 5. The van der Waals surface area contributed by atoms with E-state index >= 15 is 0 Å². The summed E-state index contributed by atoms with van der Waals surface area (Å²) in [6.07, 6.45) is 3.34. The molecular formula is C18H17N5O3. The number of nitrogens with zero attached hydrogens (tertiary/aromatic N) is 4. The first-order valence-electron chi connectivity index (χ1n) is 7.95. The third-order valence-corrected chi connectivity index (χ3v) is 4.03. The highest BCUT2D eigenvalue weighted by atomic mass is 16.6. The molecule has 26 heavy (non-hydrogen) atoms. The van der Waals surface area contributed by atoms with Crippen LogP contribution >= 0.6 is 0 Å². The van der Waals surface area contributed by atoms with Crippen LogP contribution in [-0.2, 0) is 6.54 Å². The number of hydrogen-bond donors (Lipinski definition) is 1. The monoisotopic (exact) mass is 351 g/mol. The molecule has 0 radical (unpaired) electrons. The Morgan fingerprint density at radius 1 is 1.15 bits per heavy atom. The molecule has 1 aromatic carbocycles. The summed E-state index contributed by atoms with van der Waals surface area (Å²) in [4.78, 5) is 26.8. The molecule has 0 saturated heterocycles. The highest BCUT2D eigenvalue weighted by Gasteiger charge is 2.19. The van der Waals surface area contributed by atoms with Crippen molar-refractivity contribution >= 4 is 11.6 Å². The van der Waals surface area contributed by atoms with E-state index in [9.17, 15) is 14.9 Å². The lowest BCUT2D eigenvalue weighted by molar-refractivity contribution is -0.384. The molecule has 8 heteroatoms. The molecule has 0 aliphatic heterocycles. The van der Waals surface area contributed by atoms with Crippen molar-refractivity contribution in [2.75, 3.05) is 0 Å². The first-order valence-corrected chi connectivity index (χ1v) is 7.95. The predicted octanol–water partition coefficient (Wildman–Crippen LogP) is 2.72. The highest BCUT2D eigenvalue weighted by molar-refractivity contribution is 5.96. The molecule has 3 aromatic rings. The normalized spacial score (nSPS) is 10.5. The number of nitro benzene ring substituents is 1. The van der Waals surface area contributed by atoms with Crippen molar-refractivity contribution in [3.8, 4) is 5.69 Å². The molecule has 0 bridgehead atoms. The van der Waals surface area contributed by atoms with Gasteiger partial charge in [0, 0.05) is 31.1 Å². The van der Waals surface area contributed by atoms with Gasteiger partial charge in [0.25, 0.3) is 11.6 Å². The zero-order chi connectivity index (χ0) is 18.7. The lowest BCUT2D eigenvalue weighted by Gasteiger charge is -2.07. The van der Waals surface area contributed by atoms with Crippen LogP contribution in [0.3, 0.4) is 0 Å². The quantitative estimate of drug-likeness (QED) is 0.562. The van der Waals surface area contributed by atoms with Gasteiger partial charge in [0.1, 0.15) is 0 Å². The Labute approximate surface area is 149 Å². The van der Waals surface area contributed by atoms with Crippen molar-refractivity contribution in [2.24, 2.45) is 0 Å². The number of amides is 1. The third kappa shape index (κ3) is 3.44. The molecule has 0 aliphatic rings. The Morgan fingerprint density at radius 2 is 1.81 bits per heavy atom. The smallest absolute Gasteiger partial charge is 0.269 e. The standard InChI is InChI=1S/C18H17N5O3/c1-12-17(18(24)20-11-14-7-9-19-10-8-14)13(2)22(21-12)15-3-5-16(6-4-15)23(25)26/h3-10H,11H2,1-2H3,(H,20,24). The molecule has 0 atom stereocenters. The van der Waals surface area contributed by atoms with Crippen LogP contribution in [0.25, 0.3) is 5.69 Å². The molecule has 0 spiro atoms. The van der Waals surface area contributed by atoms with Crippen LogP contribution in [0.15, 0.2) is 48.8 Å². The fraction of sp³-hybridized carbons (Fsp3) is 0.167. The summed E-state index contributed by atoms with van der Waals surface area (Å²) in [5.41, 5.74) is 3.37. The Bertz CT molecular complexity index is 949. The number of benzene rings is 1. The van der Waals surface area contributed by atoms with E-state index in [2.05, 4.69) is 15.4 Å². The fourth-order valence-electron chi connectivity index (χ4n) is 2.71. The minimum atomic E-state index is -0.455. The Hall–Kier alpha value is -3.55. The summed E-state index contributed by atoms with van der Waals surface area (Å²) in [5, 5.41) is 18.1. The largest absolute Gasteiger partial charge is 0.348 e. The van der Waals surface area contributed by atoms with Gasteiger partial charge in [-0.05, 0) is 43.7 Å². The first-order chi connectivity index (χ1) is 12.5. The van der Waals surface area contributed by atoms with Gasteiger partial charge in [0.2, 0.25) is 0 Å². The van der Waals surface area contributed by atoms with Crippen LogP contribution in [0.2, 0.25) is 0 Å². The van der Waals surface area contributed by atoms with Crippen molar-refractivity contribution in [3.05, 3.63) is 81.4 Å². The minimum Gasteiger partial charge on any atom is -0.348 e. The van der Waals surface area contributed by atoms with Gasteiger partial charge >= 0.3 is 0 Å². The summed E-state index contributed by atoms with van der Waals surface area (Å²) < 4.78 is 1.61. The summed E-state index contributed by atoms with van der Waals surface area (Å²) in [5.74, 6) is -0.218. The van der Waals surface area contributed by atoms with Crippen LogP contribution in [0.4, 0.5) is 5.69 Å². The summed E-state index contributed by atoms with van der Waals surface area (Å²) in [7, 11) is 0. The number of non-ortho nitro benzene ring substituents is 1. The second kappa shape index (κ2) is 7.14. The zero-order valence-electron chi connectivity index (χ0n) is 14.3. The van der Waals surface area contributed by atoms with Crippen LogP contribution in [0.1, 0.15) is 27.3 Å². The molecule has 1 amide bonds.